The van der Waals surface area contributed by atoms with Crippen molar-refractivity contribution in [1.82, 2.24) is 9.88 Å². The van der Waals surface area contributed by atoms with Gasteiger partial charge in [0.25, 0.3) is 5.91 Å². The summed E-state index contributed by atoms with van der Waals surface area (Å²) in [5.41, 5.74) is 8.97. The van der Waals surface area contributed by atoms with Gasteiger partial charge < -0.3 is 15.4 Å². The average molecular weight is 394 g/mol. The number of hydrogen-bond donors (Lipinski definition) is 1. The molecule has 2 heterocycles. The molecule has 2 atom stereocenters. The maximum atomic E-state index is 12.9. The van der Waals surface area contributed by atoms with Gasteiger partial charge in [-0.1, -0.05) is 30.3 Å². The van der Waals surface area contributed by atoms with Crippen LogP contribution < -0.4 is 10.5 Å². The van der Waals surface area contributed by atoms with Crippen LogP contribution in [-0.4, -0.2) is 41.5 Å². The summed E-state index contributed by atoms with van der Waals surface area (Å²) in [6.45, 7) is 3.77. The molecule has 2 N–H and O–H groups in total. The second kappa shape index (κ2) is 8.12. The van der Waals surface area contributed by atoms with E-state index in [4.69, 9.17) is 10.5 Å². The van der Waals surface area contributed by atoms with E-state index in [1.54, 1.807) is 0 Å². The molecule has 5 nitrogen and oxygen atoms in total. The molecule has 2 aromatic carbocycles. The third-order valence-corrected chi connectivity index (χ3v) is 5.91. The monoisotopic (exact) mass is 393 g/mol. The molecule has 3 aromatic rings. The number of carbonyl (C=O) groups is 1. The van der Waals surface area contributed by atoms with Crippen molar-refractivity contribution < 1.29 is 9.53 Å². The lowest BCUT2D eigenvalue weighted by molar-refractivity contribution is 0.0784. The molecule has 1 fully saturated rings. The van der Waals surface area contributed by atoms with Crippen molar-refractivity contribution in [3.8, 4) is 16.3 Å². The van der Waals surface area contributed by atoms with Gasteiger partial charge in [0.15, 0.2) is 0 Å². The SMILES string of the molecule is CCOc1ccc(-c2nc(C(=O)N3C[C@@H](N)[C@H](c4ccccc4)C3)cs2)cc1. The van der Waals surface area contributed by atoms with Crippen LogP contribution in [0.3, 0.4) is 0 Å². The zero-order chi connectivity index (χ0) is 19.5. The minimum absolute atomic E-state index is 0.0534. The number of likely N-dealkylation sites (tertiary alicyclic amines) is 1. The topological polar surface area (TPSA) is 68.5 Å². The fourth-order valence-corrected chi connectivity index (χ4v) is 4.37. The second-order valence-electron chi connectivity index (χ2n) is 6.89. The van der Waals surface area contributed by atoms with Crippen LogP contribution in [0, 0.1) is 0 Å². The summed E-state index contributed by atoms with van der Waals surface area (Å²) in [6, 6.07) is 17.9. The van der Waals surface area contributed by atoms with Crippen LogP contribution in [0.2, 0.25) is 0 Å². The summed E-state index contributed by atoms with van der Waals surface area (Å²) < 4.78 is 5.47. The lowest BCUT2D eigenvalue weighted by atomic mass is 9.95. The number of nitrogens with zero attached hydrogens (tertiary/aromatic N) is 2. The third kappa shape index (κ3) is 3.79. The number of aromatic nitrogens is 1. The normalized spacial score (nSPS) is 19.0. The van der Waals surface area contributed by atoms with Crippen molar-refractivity contribution in [3.05, 3.63) is 71.2 Å². The highest BCUT2D eigenvalue weighted by atomic mass is 32.1. The second-order valence-corrected chi connectivity index (χ2v) is 7.74. The Kier molecular flexibility index (Phi) is 5.41. The number of nitrogens with two attached hydrogens (primary N) is 1. The summed E-state index contributed by atoms with van der Waals surface area (Å²) >= 11 is 1.48. The van der Waals surface area contributed by atoms with Gasteiger partial charge in [-0.2, -0.15) is 0 Å². The molecule has 144 valence electrons. The average Bonchev–Trinajstić information content (AvgIpc) is 3.36. The third-order valence-electron chi connectivity index (χ3n) is 5.02. The Balaban J connectivity index is 1.47. The van der Waals surface area contributed by atoms with Gasteiger partial charge in [0.2, 0.25) is 0 Å². The van der Waals surface area contributed by atoms with Crippen molar-refractivity contribution >= 4 is 17.2 Å². The summed E-state index contributed by atoms with van der Waals surface area (Å²) in [6.07, 6.45) is 0. The van der Waals surface area contributed by atoms with Gasteiger partial charge in [-0.15, -0.1) is 11.3 Å². The molecular weight excluding hydrogens is 370 g/mol. The van der Waals surface area contributed by atoms with Crippen LogP contribution in [0.5, 0.6) is 5.75 Å². The molecule has 1 saturated heterocycles. The van der Waals surface area contributed by atoms with E-state index >= 15 is 0 Å². The Morgan fingerprint density at radius 3 is 2.64 bits per heavy atom. The maximum Gasteiger partial charge on any atom is 0.273 e. The van der Waals surface area contributed by atoms with Crippen LogP contribution in [0.1, 0.15) is 28.9 Å². The van der Waals surface area contributed by atoms with Gasteiger partial charge in [0.05, 0.1) is 6.61 Å². The molecule has 28 heavy (non-hydrogen) atoms. The zero-order valence-electron chi connectivity index (χ0n) is 15.7. The first kappa shape index (κ1) is 18.7. The van der Waals surface area contributed by atoms with Gasteiger partial charge in [-0.3, -0.25) is 4.79 Å². The zero-order valence-corrected chi connectivity index (χ0v) is 16.6. The number of amides is 1. The molecular formula is C22H23N3O2S. The first-order chi connectivity index (χ1) is 13.7. The Hall–Kier alpha value is -2.70. The molecule has 0 radical (unpaired) electrons. The Bertz CT molecular complexity index is 940. The van der Waals surface area contributed by atoms with Crippen LogP contribution in [0.15, 0.2) is 60.0 Å². The standard InChI is InChI=1S/C22H23N3O2S/c1-2-27-17-10-8-16(9-11-17)21-24-20(14-28-21)22(26)25-12-18(19(23)13-25)15-6-4-3-5-7-15/h3-11,14,18-19H,2,12-13,23H2,1H3/t18-,19+/m0/s1. The van der Waals surface area contributed by atoms with Crippen LogP contribution >= 0.6 is 11.3 Å². The first-order valence-electron chi connectivity index (χ1n) is 9.44. The van der Waals surface area contributed by atoms with Gasteiger partial charge >= 0.3 is 0 Å². The maximum absolute atomic E-state index is 12.9. The molecule has 1 aliphatic heterocycles. The fourth-order valence-electron chi connectivity index (χ4n) is 3.57. The van der Waals surface area contributed by atoms with Crippen molar-refractivity contribution in [3.63, 3.8) is 0 Å². The van der Waals surface area contributed by atoms with E-state index in [-0.39, 0.29) is 17.9 Å². The molecule has 0 bridgehead atoms. The minimum atomic E-state index is -0.0597. The number of thiazole rings is 1. The number of rotatable bonds is 5. The fraction of sp³-hybridized carbons (Fsp3) is 0.273. The van der Waals surface area contributed by atoms with Crippen molar-refractivity contribution in [2.75, 3.05) is 19.7 Å². The van der Waals surface area contributed by atoms with Gasteiger partial charge in [-0.05, 0) is 36.8 Å². The molecule has 4 rings (SSSR count). The van der Waals surface area contributed by atoms with Gasteiger partial charge in [-0.25, -0.2) is 4.98 Å². The van der Waals surface area contributed by atoms with E-state index in [2.05, 4.69) is 17.1 Å². The molecule has 0 spiro atoms. The van der Waals surface area contributed by atoms with Crippen molar-refractivity contribution in [2.45, 2.75) is 18.9 Å². The van der Waals surface area contributed by atoms with Crippen LogP contribution in [-0.2, 0) is 0 Å². The summed E-state index contributed by atoms with van der Waals surface area (Å²) in [7, 11) is 0. The van der Waals surface area contributed by atoms with E-state index in [0.29, 0.717) is 25.4 Å². The van der Waals surface area contributed by atoms with Crippen LogP contribution in [0.4, 0.5) is 0 Å². The lowest BCUT2D eigenvalue weighted by Crippen LogP contribution is -2.32. The molecule has 0 unspecified atom stereocenters. The smallest absolute Gasteiger partial charge is 0.273 e. The molecule has 1 aliphatic rings. The van der Waals surface area contributed by atoms with Gasteiger partial charge in [0.1, 0.15) is 16.5 Å². The van der Waals surface area contributed by atoms with E-state index in [1.165, 1.54) is 16.9 Å². The Labute approximate surface area is 168 Å². The number of hydrogen-bond acceptors (Lipinski definition) is 5. The molecule has 1 aromatic heterocycles. The largest absolute Gasteiger partial charge is 0.494 e. The number of ether oxygens (including phenoxy) is 1. The molecule has 1 amide bonds. The van der Waals surface area contributed by atoms with E-state index in [0.717, 1.165) is 16.3 Å². The summed E-state index contributed by atoms with van der Waals surface area (Å²) in [4.78, 5) is 19.3. The summed E-state index contributed by atoms with van der Waals surface area (Å²) in [5, 5.41) is 2.66. The first-order valence-corrected chi connectivity index (χ1v) is 10.3. The highest BCUT2D eigenvalue weighted by Crippen LogP contribution is 2.29. The number of carbonyl (C=O) groups excluding carboxylic acids is 1. The Morgan fingerprint density at radius 2 is 1.93 bits per heavy atom. The number of benzene rings is 2. The predicted octanol–water partition coefficient (Wildman–Crippen LogP) is 3.78. The quantitative estimate of drug-likeness (QED) is 0.716. The van der Waals surface area contributed by atoms with E-state index in [1.807, 2.05) is 59.7 Å². The van der Waals surface area contributed by atoms with E-state index in [9.17, 15) is 4.79 Å². The van der Waals surface area contributed by atoms with E-state index < -0.39 is 0 Å². The highest BCUT2D eigenvalue weighted by Gasteiger charge is 2.34. The molecule has 6 heteroatoms. The van der Waals surface area contributed by atoms with Crippen molar-refractivity contribution in [2.24, 2.45) is 5.73 Å². The highest BCUT2D eigenvalue weighted by molar-refractivity contribution is 7.13. The van der Waals surface area contributed by atoms with Crippen molar-refractivity contribution in [1.29, 1.82) is 0 Å². The summed E-state index contributed by atoms with van der Waals surface area (Å²) in [5.74, 6) is 0.939. The molecule has 0 aliphatic carbocycles. The lowest BCUT2D eigenvalue weighted by Gasteiger charge is -2.15. The predicted molar refractivity (Wildman–Crippen MR) is 112 cm³/mol. The van der Waals surface area contributed by atoms with Gasteiger partial charge in [0, 0.05) is 36.0 Å². The Morgan fingerprint density at radius 1 is 1.18 bits per heavy atom. The molecule has 0 saturated carbocycles. The van der Waals surface area contributed by atoms with Crippen LogP contribution in [0.25, 0.3) is 10.6 Å². The minimum Gasteiger partial charge on any atom is -0.494 e.